The highest BCUT2D eigenvalue weighted by Crippen LogP contribution is 2.24. The van der Waals surface area contributed by atoms with Gasteiger partial charge in [-0.05, 0) is 67.0 Å². The first-order valence-electron chi connectivity index (χ1n) is 10.7. The Balaban J connectivity index is 1.36. The smallest absolute Gasteiger partial charge is 0.406 e. The van der Waals surface area contributed by atoms with Gasteiger partial charge in [-0.3, -0.25) is 5.43 Å². The zero-order chi connectivity index (χ0) is 25.7. The maximum atomic E-state index is 12.3. The quantitative estimate of drug-likeness (QED) is 0.195. The third kappa shape index (κ3) is 6.45. The van der Waals surface area contributed by atoms with Gasteiger partial charge in [0.05, 0.1) is 11.9 Å². The average Bonchev–Trinajstić information content (AvgIpc) is 3.32. The molecule has 0 bridgehead atoms. The Hall–Kier alpha value is -4.25. The van der Waals surface area contributed by atoms with Crippen molar-refractivity contribution in [3.8, 4) is 22.8 Å². The Morgan fingerprint density at radius 2 is 1.67 bits per heavy atom. The van der Waals surface area contributed by atoms with Gasteiger partial charge in [-0.1, -0.05) is 42.5 Å². The van der Waals surface area contributed by atoms with Gasteiger partial charge >= 0.3 is 6.36 Å². The van der Waals surface area contributed by atoms with Crippen LogP contribution >= 0.6 is 12.2 Å². The van der Waals surface area contributed by atoms with E-state index in [9.17, 15) is 13.2 Å². The van der Waals surface area contributed by atoms with Crippen LogP contribution < -0.4 is 15.5 Å². The normalized spacial score (nSPS) is 11.5. The van der Waals surface area contributed by atoms with E-state index in [-0.39, 0.29) is 5.75 Å². The number of anilines is 1. The lowest BCUT2D eigenvalue weighted by molar-refractivity contribution is -0.274. The summed E-state index contributed by atoms with van der Waals surface area (Å²) in [5.74, 6) is 0.159. The van der Waals surface area contributed by atoms with E-state index >= 15 is 0 Å². The van der Waals surface area contributed by atoms with E-state index < -0.39 is 6.36 Å². The summed E-state index contributed by atoms with van der Waals surface area (Å²) in [6, 6.07) is 18.8. The van der Waals surface area contributed by atoms with E-state index in [1.807, 2.05) is 56.3 Å². The number of nitrogens with one attached hydrogen (secondary N) is 2. The molecule has 0 spiro atoms. The Morgan fingerprint density at radius 1 is 1.00 bits per heavy atom. The number of aryl methyl sites for hydroxylation is 2. The van der Waals surface area contributed by atoms with Crippen LogP contribution in [0.4, 0.5) is 18.9 Å². The molecule has 0 fully saturated rings. The summed E-state index contributed by atoms with van der Waals surface area (Å²) >= 11 is 5.32. The van der Waals surface area contributed by atoms with E-state index in [0.29, 0.717) is 16.6 Å². The van der Waals surface area contributed by atoms with Gasteiger partial charge in [-0.15, -0.1) is 18.3 Å². The number of para-hydroxylation sites is 1. The molecule has 0 radical (unpaired) electrons. The minimum atomic E-state index is -4.74. The highest BCUT2D eigenvalue weighted by molar-refractivity contribution is 7.80. The Kier molecular flexibility index (Phi) is 7.30. The van der Waals surface area contributed by atoms with Crippen LogP contribution in [-0.2, 0) is 0 Å². The van der Waals surface area contributed by atoms with E-state index in [1.165, 1.54) is 35.3 Å². The van der Waals surface area contributed by atoms with Gasteiger partial charge in [0, 0.05) is 11.3 Å². The molecule has 0 saturated heterocycles. The number of aromatic nitrogens is 3. The van der Waals surface area contributed by atoms with Gasteiger partial charge in [0.2, 0.25) is 0 Å². The molecule has 2 N–H and O–H groups in total. The van der Waals surface area contributed by atoms with Crippen LogP contribution in [0.5, 0.6) is 5.75 Å². The van der Waals surface area contributed by atoms with E-state index in [0.717, 1.165) is 27.9 Å². The summed E-state index contributed by atoms with van der Waals surface area (Å²) in [6.45, 7) is 4.01. The van der Waals surface area contributed by atoms with Crippen molar-refractivity contribution in [1.82, 2.24) is 20.2 Å². The molecule has 11 heteroatoms. The van der Waals surface area contributed by atoms with Crippen LogP contribution in [0.25, 0.3) is 17.1 Å². The number of ether oxygens (including phenoxy) is 1. The van der Waals surface area contributed by atoms with E-state index in [4.69, 9.17) is 12.2 Å². The molecule has 36 heavy (non-hydrogen) atoms. The molecule has 0 amide bonds. The number of halogens is 3. The second kappa shape index (κ2) is 10.6. The van der Waals surface area contributed by atoms with Crippen molar-refractivity contribution < 1.29 is 17.9 Å². The Morgan fingerprint density at radius 3 is 2.31 bits per heavy atom. The van der Waals surface area contributed by atoms with Crippen molar-refractivity contribution in [2.75, 3.05) is 5.32 Å². The molecule has 4 aromatic rings. The number of hydrazone groups is 1. The van der Waals surface area contributed by atoms with E-state index in [1.54, 1.807) is 6.21 Å². The lowest BCUT2D eigenvalue weighted by Crippen LogP contribution is -2.24. The zero-order valence-electron chi connectivity index (χ0n) is 19.2. The molecule has 4 rings (SSSR count). The topological polar surface area (TPSA) is 76.4 Å². The fraction of sp³-hybridized carbons (Fsp3) is 0.120. The largest absolute Gasteiger partial charge is 0.573 e. The fourth-order valence-corrected chi connectivity index (χ4v) is 3.51. The first-order chi connectivity index (χ1) is 17.2. The standard InChI is InChI=1S/C25H21F3N6OS/c1-16-4-3-5-17(2)22(16)31-24(36)32-30-14-18-6-8-19(9-7-18)23-29-15-34(33-23)20-10-12-21(13-11-20)35-25(26,27)28/h3-15H,1-2H3,(H2,31,32,36). The molecule has 1 aromatic heterocycles. The molecule has 0 saturated carbocycles. The highest BCUT2D eigenvalue weighted by Gasteiger charge is 2.31. The molecule has 0 unspecified atom stereocenters. The highest BCUT2D eigenvalue weighted by atomic mass is 32.1. The summed E-state index contributed by atoms with van der Waals surface area (Å²) in [7, 11) is 0. The maximum absolute atomic E-state index is 12.3. The minimum Gasteiger partial charge on any atom is -0.406 e. The van der Waals surface area contributed by atoms with Gasteiger partial charge in [0.1, 0.15) is 12.1 Å². The minimum absolute atomic E-state index is 0.305. The number of nitrogens with zero attached hydrogens (tertiary/aromatic N) is 4. The Bertz CT molecular complexity index is 1360. The lowest BCUT2D eigenvalue weighted by Gasteiger charge is -2.12. The number of benzene rings is 3. The number of rotatable bonds is 6. The first-order valence-corrected chi connectivity index (χ1v) is 11.1. The van der Waals surface area contributed by atoms with Crippen molar-refractivity contribution in [2.24, 2.45) is 5.10 Å². The van der Waals surface area contributed by atoms with Crippen LogP contribution in [0.3, 0.4) is 0 Å². The number of hydrogen-bond donors (Lipinski definition) is 2. The molecule has 7 nitrogen and oxygen atoms in total. The van der Waals surface area contributed by atoms with Gasteiger partial charge in [0.25, 0.3) is 0 Å². The molecule has 0 aliphatic rings. The second-order valence-electron chi connectivity index (χ2n) is 7.77. The SMILES string of the molecule is Cc1cccc(C)c1NC(=S)NN=Cc1ccc(-c2ncn(-c3ccc(OC(F)(F)F)cc3)n2)cc1. The second-order valence-corrected chi connectivity index (χ2v) is 8.18. The van der Waals surface area contributed by atoms with Crippen molar-refractivity contribution in [1.29, 1.82) is 0 Å². The molecular formula is C25H21F3N6OS. The lowest BCUT2D eigenvalue weighted by atomic mass is 10.1. The molecule has 1 heterocycles. The third-order valence-corrected chi connectivity index (χ3v) is 5.29. The molecule has 0 aliphatic heterocycles. The van der Waals surface area contributed by atoms with Crippen LogP contribution in [0, 0.1) is 13.8 Å². The predicted octanol–water partition coefficient (Wildman–Crippen LogP) is 5.77. The maximum Gasteiger partial charge on any atom is 0.573 e. The summed E-state index contributed by atoms with van der Waals surface area (Å²) in [4.78, 5) is 4.28. The molecule has 184 valence electrons. The monoisotopic (exact) mass is 510 g/mol. The Labute approximate surface area is 210 Å². The number of hydrogen-bond acceptors (Lipinski definition) is 5. The van der Waals surface area contributed by atoms with Crippen molar-refractivity contribution in [3.05, 3.63) is 89.7 Å². The molecule has 3 aromatic carbocycles. The van der Waals surface area contributed by atoms with Crippen molar-refractivity contribution in [2.45, 2.75) is 20.2 Å². The van der Waals surface area contributed by atoms with Crippen LogP contribution in [0.2, 0.25) is 0 Å². The zero-order valence-corrected chi connectivity index (χ0v) is 20.1. The fourth-order valence-electron chi connectivity index (χ4n) is 3.36. The molecule has 0 atom stereocenters. The van der Waals surface area contributed by atoms with Crippen LogP contribution in [0.15, 0.2) is 78.2 Å². The van der Waals surface area contributed by atoms with E-state index in [2.05, 4.69) is 30.7 Å². The summed E-state index contributed by atoms with van der Waals surface area (Å²) in [6.07, 6.45) is -1.62. The third-order valence-electron chi connectivity index (χ3n) is 5.09. The van der Waals surface area contributed by atoms with Gasteiger partial charge < -0.3 is 10.1 Å². The van der Waals surface area contributed by atoms with Gasteiger partial charge in [-0.25, -0.2) is 9.67 Å². The van der Waals surface area contributed by atoms with Crippen LogP contribution in [-0.4, -0.2) is 32.5 Å². The first kappa shape index (κ1) is 24.9. The number of thiocarbonyl (C=S) groups is 1. The average molecular weight is 511 g/mol. The summed E-state index contributed by atoms with van der Waals surface area (Å²) in [5.41, 5.74) is 8.08. The molecular weight excluding hydrogens is 489 g/mol. The molecule has 0 aliphatic carbocycles. The van der Waals surface area contributed by atoms with Gasteiger partial charge in [0.15, 0.2) is 10.9 Å². The number of alkyl halides is 3. The summed E-state index contributed by atoms with van der Waals surface area (Å²) in [5, 5.41) is 12.1. The van der Waals surface area contributed by atoms with Crippen molar-refractivity contribution in [3.63, 3.8) is 0 Å². The van der Waals surface area contributed by atoms with Crippen molar-refractivity contribution >= 4 is 29.2 Å². The summed E-state index contributed by atoms with van der Waals surface area (Å²) < 4.78 is 42.3. The predicted molar refractivity (Wildman–Crippen MR) is 136 cm³/mol. The van der Waals surface area contributed by atoms with Crippen LogP contribution in [0.1, 0.15) is 16.7 Å². The van der Waals surface area contributed by atoms with Gasteiger partial charge in [-0.2, -0.15) is 5.10 Å².